The number of pyridine rings is 1. The Kier molecular flexibility index (Phi) is 8.32. The van der Waals surface area contributed by atoms with E-state index in [4.69, 9.17) is 17.3 Å². The maximum Gasteiger partial charge on any atom is 0.274 e. The molecule has 0 spiro atoms. The van der Waals surface area contributed by atoms with Crippen LogP contribution in [0.3, 0.4) is 0 Å². The third-order valence-corrected chi connectivity index (χ3v) is 9.10. The number of para-hydroxylation sites is 1. The molecule has 5 rings (SSSR count). The van der Waals surface area contributed by atoms with Crippen LogP contribution in [0.4, 0.5) is 5.82 Å². The molecular formula is C31H29ClN6O4S. The summed E-state index contributed by atoms with van der Waals surface area (Å²) in [5.74, 6) is -0.865. The van der Waals surface area contributed by atoms with Crippen LogP contribution in [0.1, 0.15) is 34.7 Å². The number of nitrogens with one attached hydrogen (secondary N) is 1. The normalized spacial score (nSPS) is 12.4. The molecule has 3 aromatic carbocycles. The van der Waals surface area contributed by atoms with E-state index in [9.17, 15) is 18.0 Å². The maximum absolute atomic E-state index is 13.7. The van der Waals surface area contributed by atoms with Crippen LogP contribution in [-0.2, 0) is 15.8 Å². The van der Waals surface area contributed by atoms with Crippen LogP contribution in [0.2, 0.25) is 5.02 Å². The standard InChI is InChI=1S/C31H29ClN6O4S/c1-19(26-16-22-11-8-14-24(32)27(22)31(40)38(26)23-12-5-4-6-13-23)35-30(39)28-29(33)34-17-25(36-28)21-10-7-9-20(15-21)18-43(41,42)37(2)3/h4-17,19H,18H2,1-3H3,(H2,33,34)(H,35,39)/t19-/m0/s1. The topological polar surface area (TPSA) is 140 Å². The van der Waals surface area contributed by atoms with Gasteiger partial charge in [0.2, 0.25) is 10.0 Å². The molecule has 220 valence electrons. The zero-order chi connectivity index (χ0) is 30.9. The minimum absolute atomic E-state index is 0.0782. The molecule has 1 atom stereocenters. The van der Waals surface area contributed by atoms with Crippen molar-refractivity contribution in [1.29, 1.82) is 0 Å². The number of carbonyl (C=O) groups excluding carboxylic acids is 1. The average Bonchev–Trinajstić information content (AvgIpc) is 2.97. The van der Waals surface area contributed by atoms with E-state index in [-0.39, 0.29) is 22.8 Å². The van der Waals surface area contributed by atoms with Crippen molar-refractivity contribution in [2.75, 3.05) is 19.8 Å². The second kappa shape index (κ2) is 12.0. The lowest BCUT2D eigenvalue weighted by atomic mass is 10.1. The number of amides is 1. The summed E-state index contributed by atoms with van der Waals surface area (Å²) in [6.45, 7) is 1.75. The van der Waals surface area contributed by atoms with Crippen LogP contribution in [0, 0.1) is 0 Å². The van der Waals surface area contributed by atoms with Crippen LogP contribution < -0.4 is 16.6 Å². The Hall–Kier alpha value is -4.58. The molecule has 0 radical (unpaired) electrons. The van der Waals surface area contributed by atoms with Gasteiger partial charge < -0.3 is 11.1 Å². The van der Waals surface area contributed by atoms with Gasteiger partial charge in [-0.05, 0) is 48.2 Å². The number of carbonyl (C=O) groups is 1. The predicted octanol–water partition coefficient (Wildman–Crippen LogP) is 4.57. The quantitative estimate of drug-likeness (QED) is 0.260. The number of hydrogen-bond donors (Lipinski definition) is 2. The van der Waals surface area contributed by atoms with Crippen LogP contribution in [0.25, 0.3) is 27.7 Å². The Balaban J connectivity index is 1.50. The second-order valence-corrected chi connectivity index (χ2v) is 12.8. The van der Waals surface area contributed by atoms with E-state index >= 15 is 0 Å². The van der Waals surface area contributed by atoms with Crippen LogP contribution >= 0.6 is 11.6 Å². The highest BCUT2D eigenvalue weighted by molar-refractivity contribution is 7.88. The molecule has 12 heteroatoms. The van der Waals surface area contributed by atoms with Gasteiger partial charge in [-0.25, -0.2) is 22.7 Å². The predicted molar refractivity (Wildman–Crippen MR) is 169 cm³/mol. The summed E-state index contributed by atoms with van der Waals surface area (Å²) in [5.41, 5.74) is 8.27. The fraction of sp³-hybridized carbons (Fsp3) is 0.161. The highest BCUT2D eigenvalue weighted by atomic mass is 35.5. The molecule has 10 nitrogen and oxygen atoms in total. The molecule has 1 amide bonds. The van der Waals surface area contributed by atoms with Gasteiger partial charge in [0.1, 0.15) is 0 Å². The highest BCUT2D eigenvalue weighted by Crippen LogP contribution is 2.26. The second-order valence-electron chi connectivity index (χ2n) is 10.2. The number of rotatable bonds is 8. The molecule has 43 heavy (non-hydrogen) atoms. The van der Waals surface area contributed by atoms with E-state index in [1.54, 1.807) is 61.5 Å². The summed E-state index contributed by atoms with van der Waals surface area (Å²) >= 11 is 6.41. The van der Waals surface area contributed by atoms with Crippen molar-refractivity contribution in [3.05, 3.63) is 117 Å². The number of halogens is 1. The zero-order valence-electron chi connectivity index (χ0n) is 23.7. The number of anilines is 1. The Morgan fingerprint density at radius 3 is 2.49 bits per heavy atom. The van der Waals surface area contributed by atoms with E-state index < -0.39 is 22.0 Å². The fourth-order valence-corrected chi connectivity index (χ4v) is 5.83. The Labute approximate surface area is 253 Å². The maximum atomic E-state index is 13.7. The number of benzene rings is 3. The molecule has 0 fully saturated rings. The van der Waals surface area contributed by atoms with Gasteiger partial charge in [-0.15, -0.1) is 0 Å². The van der Waals surface area contributed by atoms with Crippen molar-refractivity contribution in [3.63, 3.8) is 0 Å². The minimum Gasteiger partial charge on any atom is -0.382 e. The van der Waals surface area contributed by atoms with Gasteiger partial charge >= 0.3 is 0 Å². The third-order valence-electron chi connectivity index (χ3n) is 6.97. The SMILES string of the molecule is C[C@H](NC(=O)c1nc(-c2cccc(CS(=O)(=O)N(C)C)c2)cnc1N)c1cc2cccc(Cl)c2c(=O)n1-c1ccccc1. The van der Waals surface area contributed by atoms with Crippen molar-refractivity contribution in [2.45, 2.75) is 18.7 Å². The summed E-state index contributed by atoms with van der Waals surface area (Å²) in [6.07, 6.45) is 1.43. The van der Waals surface area contributed by atoms with Gasteiger partial charge in [0.15, 0.2) is 11.5 Å². The molecule has 0 unspecified atom stereocenters. The van der Waals surface area contributed by atoms with Gasteiger partial charge in [0, 0.05) is 31.0 Å². The van der Waals surface area contributed by atoms with Gasteiger partial charge in [-0.2, -0.15) is 0 Å². The summed E-state index contributed by atoms with van der Waals surface area (Å²) in [4.78, 5) is 35.9. The van der Waals surface area contributed by atoms with Crippen molar-refractivity contribution in [2.24, 2.45) is 0 Å². The van der Waals surface area contributed by atoms with Crippen LogP contribution in [0.15, 0.2) is 89.9 Å². The van der Waals surface area contributed by atoms with Gasteiger partial charge in [-0.3, -0.25) is 14.2 Å². The van der Waals surface area contributed by atoms with E-state index in [1.807, 2.05) is 24.3 Å². The molecule has 0 saturated heterocycles. The first-order chi connectivity index (χ1) is 20.5. The Morgan fingerprint density at radius 1 is 1.05 bits per heavy atom. The molecular weight excluding hydrogens is 588 g/mol. The van der Waals surface area contributed by atoms with Crippen molar-refractivity contribution < 1.29 is 13.2 Å². The molecule has 5 aromatic rings. The molecule has 0 aliphatic carbocycles. The van der Waals surface area contributed by atoms with Gasteiger partial charge in [0.05, 0.1) is 34.1 Å². The fourth-order valence-electron chi connectivity index (χ4n) is 4.71. The monoisotopic (exact) mass is 616 g/mol. The van der Waals surface area contributed by atoms with Crippen LogP contribution in [-0.4, -0.2) is 47.3 Å². The number of hydrogen-bond acceptors (Lipinski definition) is 7. The van der Waals surface area contributed by atoms with Gasteiger partial charge in [-0.1, -0.05) is 60.1 Å². The van der Waals surface area contributed by atoms with E-state index in [0.29, 0.717) is 44.0 Å². The average molecular weight is 617 g/mol. The molecule has 0 bridgehead atoms. The third kappa shape index (κ3) is 6.14. The first-order valence-corrected chi connectivity index (χ1v) is 15.3. The van der Waals surface area contributed by atoms with E-state index in [2.05, 4.69) is 15.3 Å². The van der Waals surface area contributed by atoms with E-state index in [0.717, 1.165) is 4.31 Å². The lowest BCUT2D eigenvalue weighted by molar-refractivity contribution is 0.0934. The Bertz CT molecular complexity index is 2010. The van der Waals surface area contributed by atoms with Crippen molar-refractivity contribution in [3.8, 4) is 16.9 Å². The Morgan fingerprint density at radius 2 is 1.77 bits per heavy atom. The van der Waals surface area contributed by atoms with E-state index in [1.165, 1.54) is 24.9 Å². The van der Waals surface area contributed by atoms with Crippen LogP contribution in [0.5, 0.6) is 0 Å². The summed E-state index contributed by atoms with van der Waals surface area (Å²) in [5, 5.41) is 4.25. The van der Waals surface area contributed by atoms with Crippen molar-refractivity contribution in [1.82, 2.24) is 24.2 Å². The largest absolute Gasteiger partial charge is 0.382 e. The molecule has 0 aliphatic heterocycles. The van der Waals surface area contributed by atoms with Gasteiger partial charge in [0.25, 0.3) is 11.5 Å². The highest BCUT2D eigenvalue weighted by Gasteiger charge is 2.22. The summed E-state index contributed by atoms with van der Waals surface area (Å²) in [7, 11) is -0.530. The minimum atomic E-state index is -3.48. The molecule has 2 heterocycles. The molecule has 0 saturated carbocycles. The summed E-state index contributed by atoms with van der Waals surface area (Å²) < 4.78 is 27.4. The molecule has 3 N–H and O–H groups in total. The lowest BCUT2D eigenvalue weighted by Crippen LogP contribution is -2.33. The zero-order valence-corrected chi connectivity index (χ0v) is 25.2. The number of aromatic nitrogens is 3. The van der Waals surface area contributed by atoms with Crippen molar-refractivity contribution >= 4 is 44.1 Å². The smallest absolute Gasteiger partial charge is 0.274 e. The number of sulfonamides is 1. The number of nitrogens with two attached hydrogens (primary N) is 1. The first-order valence-electron chi connectivity index (χ1n) is 13.3. The summed E-state index contributed by atoms with van der Waals surface area (Å²) in [6, 6.07) is 22.3. The molecule has 0 aliphatic rings. The number of fused-ring (bicyclic) bond motifs is 1. The number of nitrogen functional groups attached to an aromatic ring is 1. The first kappa shape index (κ1) is 29.9. The molecule has 2 aromatic heterocycles. The lowest BCUT2D eigenvalue weighted by Gasteiger charge is -2.21. The number of nitrogens with zero attached hydrogens (tertiary/aromatic N) is 4.